The van der Waals surface area contributed by atoms with Gasteiger partial charge in [0, 0.05) is 13.0 Å². The second-order valence-corrected chi connectivity index (χ2v) is 3.93. The Balaban J connectivity index is 1.90. The number of anilines is 2. The first-order chi connectivity index (χ1) is 7.25. The van der Waals surface area contributed by atoms with Crippen LogP contribution in [0.25, 0.3) is 0 Å². The van der Waals surface area contributed by atoms with Crippen LogP contribution in [0.1, 0.15) is 18.5 Å². The summed E-state index contributed by atoms with van der Waals surface area (Å²) < 4.78 is 0. The van der Waals surface area contributed by atoms with Gasteiger partial charge in [0.2, 0.25) is 0 Å². The Bertz CT molecular complexity index is 333. The second-order valence-electron chi connectivity index (χ2n) is 3.93. The van der Waals surface area contributed by atoms with Gasteiger partial charge in [0.15, 0.2) is 11.6 Å². The van der Waals surface area contributed by atoms with Crippen LogP contribution >= 0.6 is 0 Å². The standard InChI is InChI=1S/C10H17N5/c11-9-10(12)14-8(7-13-9)3-6-15-4-1-2-5-15/h7H,1-6H2,(H2,11,13)(H2,12,14). The summed E-state index contributed by atoms with van der Waals surface area (Å²) in [6.07, 6.45) is 5.24. The van der Waals surface area contributed by atoms with Crippen LogP contribution in [-0.4, -0.2) is 34.5 Å². The van der Waals surface area contributed by atoms with Gasteiger partial charge in [-0.2, -0.15) is 0 Å². The van der Waals surface area contributed by atoms with Gasteiger partial charge in [-0.25, -0.2) is 9.97 Å². The fourth-order valence-electron chi connectivity index (χ4n) is 1.85. The van der Waals surface area contributed by atoms with Crippen LogP contribution in [0.4, 0.5) is 11.6 Å². The third-order valence-corrected chi connectivity index (χ3v) is 2.76. The Morgan fingerprint density at radius 2 is 1.93 bits per heavy atom. The Kier molecular flexibility index (Phi) is 3.01. The molecule has 1 fully saturated rings. The Morgan fingerprint density at radius 3 is 2.60 bits per heavy atom. The third kappa shape index (κ3) is 2.56. The van der Waals surface area contributed by atoms with Crippen molar-refractivity contribution in [1.82, 2.24) is 14.9 Å². The Morgan fingerprint density at radius 1 is 1.20 bits per heavy atom. The molecule has 82 valence electrons. The second kappa shape index (κ2) is 4.44. The van der Waals surface area contributed by atoms with E-state index in [9.17, 15) is 0 Å². The first kappa shape index (κ1) is 10.2. The molecule has 0 bridgehead atoms. The van der Waals surface area contributed by atoms with Crippen LogP contribution < -0.4 is 11.5 Å². The molecule has 5 heteroatoms. The van der Waals surface area contributed by atoms with Crippen molar-refractivity contribution in [3.63, 3.8) is 0 Å². The summed E-state index contributed by atoms with van der Waals surface area (Å²) in [5.74, 6) is 0.661. The fourth-order valence-corrected chi connectivity index (χ4v) is 1.85. The molecule has 0 unspecified atom stereocenters. The van der Waals surface area contributed by atoms with Crippen molar-refractivity contribution >= 4 is 11.6 Å². The highest BCUT2D eigenvalue weighted by Crippen LogP contribution is 2.10. The number of hydrogen-bond acceptors (Lipinski definition) is 5. The molecular formula is C10H17N5. The molecule has 15 heavy (non-hydrogen) atoms. The summed E-state index contributed by atoms with van der Waals surface area (Å²) in [6.45, 7) is 3.45. The van der Waals surface area contributed by atoms with Gasteiger partial charge in [-0.1, -0.05) is 0 Å². The lowest BCUT2D eigenvalue weighted by atomic mass is 10.3. The summed E-state index contributed by atoms with van der Waals surface area (Å²) in [4.78, 5) is 10.6. The van der Waals surface area contributed by atoms with E-state index in [1.165, 1.54) is 25.9 Å². The Hall–Kier alpha value is -1.36. The van der Waals surface area contributed by atoms with Gasteiger partial charge in [0.1, 0.15) is 0 Å². The van der Waals surface area contributed by atoms with Crippen LogP contribution in [-0.2, 0) is 6.42 Å². The molecule has 0 amide bonds. The lowest BCUT2D eigenvalue weighted by Crippen LogP contribution is -2.22. The molecule has 2 rings (SSSR count). The topological polar surface area (TPSA) is 81.1 Å². The van der Waals surface area contributed by atoms with Gasteiger partial charge in [0.25, 0.3) is 0 Å². The maximum Gasteiger partial charge on any atom is 0.166 e. The lowest BCUT2D eigenvalue weighted by molar-refractivity contribution is 0.342. The average Bonchev–Trinajstić information content (AvgIpc) is 2.73. The molecule has 2 heterocycles. The Labute approximate surface area is 89.5 Å². The van der Waals surface area contributed by atoms with Crippen molar-refractivity contribution in [2.75, 3.05) is 31.1 Å². The van der Waals surface area contributed by atoms with E-state index in [1.807, 2.05) is 0 Å². The zero-order valence-electron chi connectivity index (χ0n) is 8.82. The molecule has 1 aromatic heterocycles. The number of likely N-dealkylation sites (tertiary alicyclic amines) is 1. The van der Waals surface area contributed by atoms with E-state index in [1.54, 1.807) is 6.20 Å². The van der Waals surface area contributed by atoms with Crippen molar-refractivity contribution < 1.29 is 0 Å². The van der Waals surface area contributed by atoms with E-state index < -0.39 is 0 Å². The van der Waals surface area contributed by atoms with Gasteiger partial charge in [0.05, 0.1) is 11.9 Å². The minimum atomic E-state index is 0.319. The van der Waals surface area contributed by atoms with Crippen molar-refractivity contribution in [3.05, 3.63) is 11.9 Å². The minimum absolute atomic E-state index is 0.319. The lowest BCUT2D eigenvalue weighted by Gasteiger charge is -2.13. The maximum atomic E-state index is 5.59. The first-order valence-corrected chi connectivity index (χ1v) is 5.35. The molecule has 0 spiro atoms. The molecule has 1 aliphatic heterocycles. The number of aromatic nitrogens is 2. The van der Waals surface area contributed by atoms with E-state index in [2.05, 4.69) is 14.9 Å². The average molecular weight is 207 g/mol. The SMILES string of the molecule is Nc1ncc(CCN2CCCC2)nc1N. The first-order valence-electron chi connectivity index (χ1n) is 5.35. The van der Waals surface area contributed by atoms with E-state index in [0.717, 1.165) is 18.7 Å². The van der Waals surface area contributed by atoms with Crippen LogP contribution in [0.3, 0.4) is 0 Å². The minimum Gasteiger partial charge on any atom is -0.381 e. The van der Waals surface area contributed by atoms with Crippen molar-refractivity contribution in [1.29, 1.82) is 0 Å². The molecule has 0 atom stereocenters. The summed E-state index contributed by atoms with van der Waals surface area (Å²) >= 11 is 0. The molecule has 1 aliphatic rings. The number of nitrogen functional groups attached to an aromatic ring is 2. The number of nitrogens with zero attached hydrogens (tertiary/aromatic N) is 3. The monoisotopic (exact) mass is 207 g/mol. The van der Waals surface area contributed by atoms with E-state index in [-0.39, 0.29) is 0 Å². The number of nitrogens with two attached hydrogens (primary N) is 2. The quantitative estimate of drug-likeness (QED) is 0.744. The molecule has 0 radical (unpaired) electrons. The van der Waals surface area contributed by atoms with Crippen molar-refractivity contribution in [2.24, 2.45) is 0 Å². The molecule has 5 nitrogen and oxygen atoms in total. The van der Waals surface area contributed by atoms with Gasteiger partial charge in [-0.15, -0.1) is 0 Å². The molecule has 1 saturated heterocycles. The smallest absolute Gasteiger partial charge is 0.166 e. The van der Waals surface area contributed by atoms with E-state index in [0.29, 0.717) is 11.6 Å². The zero-order valence-corrected chi connectivity index (χ0v) is 8.82. The highest BCUT2D eigenvalue weighted by Gasteiger charge is 2.11. The molecule has 0 saturated carbocycles. The van der Waals surface area contributed by atoms with Crippen LogP contribution in [0.5, 0.6) is 0 Å². The van der Waals surface area contributed by atoms with Crippen molar-refractivity contribution in [3.8, 4) is 0 Å². The summed E-state index contributed by atoms with van der Waals surface area (Å²) in [6, 6.07) is 0. The number of rotatable bonds is 3. The molecular weight excluding hydrogens is 190 g/mol. The van der Waals surface area contributed by atoms with Crippen molar-refractivity contribution in [2.45, 2.75) is 19.3 Å². The van der Waals surface area contributed by atoms with Gasteiger partial charge >= 0.3 is 0 Å². The predicted octanol–water partition coefficient (Wildman–Crippen LogP) is 0.279. The molecule has 0 aromatic carbocycles. The summed E-state index contributed by atoms with van der Waals surface area (Å²) in [7, 11) is 0. The third-order valence-electron chi connectivity index (χ3n) is 2.76. The van der Waals surface area contributed by atoms with E-state index >= 15 is 0 Å². The van der Waals surface area contributed by atoms with Crippen LogP contribution in [0.2, 0.25) is 0 Å². The summed E-state index contributed by atoms with van der Waals surface area (Å²) in [5, 5.41) is 0. The predicted molar refractivity (Wildman–Crippen MR) is 60.2 cm³/mol. The molecule has 0 aliphatic carbocycles. The largest absolute Gasteiger partial charge is 0.381 e. The van der Waals surface area contributed by atoms with Gasteiger partial charge in [-0.3, -0.25) is 0 Å². The normalized spacial score (nSPS) is 17.1. The molecule has 4 N–H and O–H groups in total. The highest BCUT2D eigenvalue weighted by molar-refractivity contribution is 5.51. The van der Waals surface area contributed by atoms with E-state index in [4.69, 9.17) is 11.5 Å². The fraction of sp³-hybridized carbons (Fsp3) is 0.600. The molecule has 1 aromatic rings. The van der Waals surface area contributed by atoms with Gasteiger partial charge in [-0.05, 0) is 25.9 Å². The summed E-state index contributed by atoms with van der Waals surface area (Å²) in [5.41, 5.74) is 12.0. The maximum absolute atomic E-state index is 5.59. The van der Waals surface area contributed by atoms with Crippen LogP contribution in [0, 0.1) is 0 Å². The van der Waals surface area contributed by atoms with Crippen LogP contribution in [0.15, 0.2) is 6.20 Å². The number of hydrogen-bond donors (Lipinski definition) is 2. The van der Waals surface area contributed by atoms with Gasteiger partial charge < -0.3 is 16.4 Å². The zero-order chi connectivity index (χ0) is 10.7. The highest BCUT2D eigenvalue weighted by atomic mass is 15.1.